The Hall–Kier alpha value is -2.54. The van der Waals surface area contributed by atoms with Crippen LogP contribution in [0.15, 0.2) is 30.3 Å². The minimum Gasteiger partial charge on any atom is -0.486 e. The summed E-state index contributed by atoms with van der Waals surface area (Å²) >= 11 is 1.42. The Bertz CT molecular complexity index is 902. The van der Waals surface area contributed by atoms with Crippen LogP contribution in [0.5, 0.6) is 11.5 Å². The molecule has 0 spiro atoms. The molecule has 1 aliphatic carbocycles. The van der Waals surface area contributed by atoms with Crippen LogP contribution in [0, 0.1) is 0 Å². The molecule has 29 heavy (non-hydrogen) atoms. The van der Waals surface area contributed by atoms with Gasteiger partial charge in [-0.25, -0.2) is 0 Å². The Labute approximate surface area is 174 Å². The van der Waals surface area contributed by atoms with Crippen LogP contribution in [0.1, 0.15) is 48.7 Å². The van der Waals surface area contributed by atoms with Gasteiger partial charge >= 0.3 is 0 Å². The standard InChI is InChI=1S/C22H26N2O4S/c1-2-23-21(26)22(10-4-3-5-11-22)24-20(25)19-9-8-18(29-19)15-6-7-16-17(14-15)28-13-12-27-16/h6-9,14H,2-5,10-13H2,1H3,(H,23,26)(H,24,25). The summed E-state index contributed by atoms with van der Waals surface area (Å²) in [5.41, 5.74) is 0.182. The van der Waals surface area contributed by atoms with Gasteiger partial charge in [-0.1, -0.05) is 19.3 Å². The lowest BCUT2D eigenvalue weighted by Gasteiger charge is -2.36. The zero-order chi connectivity index (χ0) is 20.3. The van der Waals surface area contributed by atoms with E-state index in [0.717, 1.165) is 41.2 Å². The Morgan fingerprint density at radius 1 is 1.03 bits per heavy atom. The van der Waals surface area contributed by atoms with E-state index in [9.17, 15) is 9.59 Å². The number of carbonyl (C=O) groups excluding carboxylic acids is 2. The van der Waals surface area contributed by atoms with Crippen molar-refractivity contribution in [2.24, 2.45) is 0 Å². The lowest BCUT2D eigenvalue weighted by atomic mass is 9.80. The molecule has 2 amide bonds. The lowest BCUT2D eigenvalue weighted by Crippen LogP contribution is -2.59. The number of fused-ring (bicyclic) bond motifs is 1. The van der Waals surface area contributed by atoms with Crippen molar-refractivity contribution in [3.63, 3.8) is 0 Å². The van der Waals surface area contributed by atoms with E-state index in [1.165, 1.54) is 11.3 Å². The van der Waals surface area contributed by atoms with Crippen LogP contribution < -0.4 is 20.1 Å². The maximum Gasteiger partial charge on any atom is 0.262 e. The predicted octanol–water partition coefficient (Wildman–Crippen LogP) is 3.76. The molecule has 6 nitrogen and oxygen atoms in total. The quantitative estimate of drug-likeness (QED) is 0.781. The van der Waals surface area contributed by atoms with E-state index >= 15 is 0 Å². The monoisotopic (exact) mass is 414 g/mol. The number of nitrogens with one attached hydrogen (secondary N) is 2. The largest absolute Gasteiger partial charge is 0.486 e. The third-order valence-electron chi connectivity index (χ3n) is 5.49. The number of hydrogen-bond donors (Lipinski definition) is 2. The fourth-order valence-electron chi connectivity index (χ4n) is 3.98. The first-order valence-corrected chi connectivity index (χ1v) is 11.0. The fraction of sp³-hybridized carbons (Fsp3) is 0.455. The van der Waals surface area contributed by atoms with Gasteiger partial charge in [0.2, 0.25) is 5.91 Å². The molecule has 7 heteroatoms. The Kier molecular flexibility index (Phi) is 5.76. The van der Waals surface area contributed by atoms with Gasteiger partial charge in [0.1, 0.15) is 18.8 Å². The smallest absolute Gasteiger partial charge is 0.262 e. The number of benzene rings is 1. The summed E-state index contributed by atoms with van der Waals surface area (Å²) in [6.45, 7) is 3.55. The van der Waals surface area contributed by atoms with Crippen LogP contribution in [-0.2, 0) is 4.79 Å². The molecule has 0 saturated heterocycles. The van der Waals surface area contributed by atoms with Crippen molar-refractivity contribution in [1.29, 1.82) is 0 Å². The van der Waals surface area contributed by atoms with E-state index in [1.54, 1.807) is 0 Å². The van der Waals surface area contributed by atoms with E-state index in [0.29, 0.717) is 37.5 Å². The first-order chi connectivity index (χ1) is 14.1. The van der Waals surface area contributed by atoms with E-state index < -0.39 is 5.54 Å². The van der Waals surface area contributed by atoms with Crippen molar-refractivity contribution < 1.29 is 19.1 Å². The van der Waals surface area contributed by atoms with Gasteiger partial charge < -0.3 is 20.1 Å². The van der Waals surface area contributed by atoms with Gasteiger partial charge in [-0.3, -0.25) is 9.59 Å². The number of likely N-dealkylation sites (N-methyl/N-ethyl adjacent to an activating group) is 1. The molecular weight excluding hydrogens is 388 g/mol. The van der Waals surface area contributed by atoms with E-state index in [-0.39, 0.29) is 11.8 Å². The van der Waals surface area contributed by atoms with Crippen molar-refractivity contribution in [2.75, 3.05) is 19.8 Å². The molecule has 0 atom stereocenters. The highest BCUT2D eigenvalue weighted by Gasteiger charge is 2.40. The molecule has 154 valence electrons. The number of amides is 2. The van der Waals surface area contributed by atoms with Gasteiger partial charge in [-0.05, 0) is 55.7 Å². The number of hydrogen-bond acceptors (Lipinski definition) is 5. The number of rotatable bonds is 5. The van der Waals surface area contributed by atoms with Gasteiger partial charge in [-0.15, -0.1) is 11.3 Å². The summed E-state index contributed by atoms with van der Waals surface area (Å²) in [5.74, 6) is 1.21. The highest BCUT2D eigenvalue weighted by molar-refractivity contribution is 7.17. The fourth-order valence-corrected chi connectivity index (χ4v) is 4.88. The first-order valence-electron chi connectivity index (χ1n) is 10.2. The van der Waals surface area contributed by atoms with E-state index in [2.05, 4.69) is 10.6 Å². The highest BCUT2D eigenvalue weighted by atomic mass is 32.1. The third kappa shape index (κ3) is 4.10. The lowest BCUT2D eigenvalue weighted by molar-refractivity contribution is -0.128. The minimum atomic E-state index is -0.799. The number of thiophene rings is 1. The second-order valence-electron chi connectivity index (χ2n) is 7.48. The van der Waals surface area contributed by atoms with Crippen LogP contribution >= 0.6 is 11.3 Å². The van der Waals surface area contributed by atoms with Crippen LogP contribution in [0.25, 0.3) is 10.4 Å². The van der Waals surface area contributed by atoms with Gasteiger partial charge in [-0.2, -0.15) is 0 Å². The summed E-state index contributed by atoms with van der Waals surface area (Å²) in [4.78, 5) is 27.3. The summed E-state index contributed by atoms with van der Waals surface area (Å²) < 4.78 is 11.2. The highest BCUT2D eigenvalue weighted by Crippen LogP contribution is 2.37. The molecule has 2 heterocycles. The average Bonchev–Trinajstić information content (AvgIpc) is 3.25. The van der Waals surface area contributed by atoms with Crippen LogP contribution in [0.4, 0.5) is 0 Å². The van der Waals surface area contributed by atoms with Gasteiger partial charge in [0.25, 0.3) is 5.91 Å². The molecule has 2 aromatic rings. The Balaban J connectivity index is 1.52. The average molecular weight is 415 g/mol. The normalized spacial score (nSPS) is 17.4. The van der Waals surface area contributed by atoms with Crippen molar-refractivity contribution >= 4 is 23.2 Å². The maximum atomic E-state index is 13.0. The van der Waals surface area contributed by atoms with Crippen molar-refractivity contribution in [3.8, 4) is 21.9 Å². The molecule has 1 aromatic carbocycles. The van der Waals surface area contributed by atoms with Crippen LogP contribution in [0.2, 0.25) is 0 Å². The van der Waals surface area contributed by atoms with Gasteiger partial charge in [0.05, 0.1) is 4.88 Å². The molecule has 1 saturated carbocycles. The molecule has 2 aliphatic rings. The Morgan fingerprint density at radius 3 is 2.55 bits per heavy atom. The van der Waals surface area contributed by atoms with Gasteiger partial charge in [0, 0.05) is 11.4 Å². The minimum absolute atomic E-state index is 0.0725. The van der Waals surface area contributed by atoms with Crippen LogP contribution in [0.3, 0.4) is 0 Å². The second kappa shape index (κ2) is 8.45. The molecule has 0 bridgehead atoms. The zero-order valence-electron chi connectivity index (χ0n) is 16.6. The summed E-state index contributed by atoms with van der Waals surface area (Å²) in [6.07, 6.45) is 4.37. The summed E-state index contributed by atoms with van der Waals surface area (Å²) in [5, 5.41) is 5.96. The predicted molar refractivity (Wildman–Crippen MR) is 113 cm³/mol. The van der Waals surface area contributed by atoms with Gasteiger partial charge in [0.15, 0.2) is 11.5 Å². The van der Waals surface area contributed by atoms with E-state index in [4.69, 9.17) is 9.47 Å². The van der Waals surface area contributed by atoms with Crippen molar-refractivity contribution in [1.82, 2.24) is 10.6 Å². The number of carbonyl (C=O) groups is 2. The van der Waals surface area contributed by atoms with Crippen molar-refractivity contribution in [2.45, 2.75) is 44.6 Å². The molecule has 0 unspecified atom stereocenters. The van der Waals surface area contributed by atoms with E-state index in [1.807, 2.05) is 37.3 Å². The molecule has 1 fully saturated rings. The topological polar surface area (TPSA) is 76.7 Å². The molecule has 4 rings (SSSR count). The summed E-state index contributed by atoms with van der Waals surface area (Å²) in [7, 11) is 0. The molecule has 0 radical (unpaired) electrons. The zero-order valence-corrected chi connectivity index (χ0v) is 17.4. The second-order valence-corrected chi connectivity index (χ2v) is 8.56. The first kappa shape index (κ1) is 19.8. The molecule has 2 N–H and O–H groups in total. The van der Waals surface area contributed by atoms with Crippen LogP contribution in [-0.4, -0.2) is 37.1 Å². The molecule has 1 aromatic heterocycles. The molecular formula is C22H26N2O4S. The molecule has 1 aliphatic heterocycles. The Morgan fingerprint density at radius 2 is 1.79 bits per heavy atom. The number of ether oxygens (including phenoxy) is 2. The maximum absolute atomic E-state index is 13.0. The summed E-state index contributed by atoms with van der Waals surface area (Å²) in [6, 6.07) is 9.57. The van der Waals surface area contributed by atoms with Crippen molar-refractivity contribution in [3.05, 3.63) is 35.2 Å². The SMILES string of the molecule is CCNC(=O)C1(NC(=O)c2ccc(-c3ccc4c(c3)OCCO4)s2)CCCCC1. The third-order valence-corrected chi connectivity index (χ3v) is 6.62.